The molecule has 0 fully saturated rings. The van der Waals surface area contributed by atoms with E-state index in [1.54, 1.807) is 6.92 Å². The number of hydrogen-bond acceptors (Lipinski definition) is 3. The van der Waals surface area contributed by atoms with Crippen LogP contribution in [0.3, 0.4) is 0 Å². The van der Waals surface area contributed by atoms with E-state index in [0.29, 0.717) is 0 Å². The van der Waals surface area contributed by atoms with Gasteiger partial charge >= 0.3 is 0 Å². The van der Waals surface area contributed by atoms with E-state index in [0.717, 1.165) is 0 Å². The van der Waals surface area contributed by atoms with Gasteiger partial charge in [-0.2, -0.15) is 0 Å². The van der Waals surface area contributed by atoms with Crippen LogP contribution in [0.5, 0.6) is 0 Å². The van der Waals surface area contributed by atoms with Crippen LogP contribution in [0, 0.1) is 0 Å². The van der Waals surface area contributed by atoms with Crippen LogP contribution >= 0.6 is 0 Å². The Morgan fingerprint density at radius 3 is 2.45 bits per heavy atom. The summed E-state index contributed by atoms with van der Waals surface area (Å²) in [5, 5.41) is 9.27. The molecule has 3 heteroatoms. The number of Topliss-reactive ketones (excluding diaryl/α,β-unsaturated/α-hetero) is 1. The SMILES string of the molecule is C=C1OC(C)C(O)=C1C(C)=O. The van der Waals surface area contributed by atoms with Crippen LogP contribution in [-0.4, -0.2) is 17.0 Å². The predicted molar refractivity (Wildman–Crippen MR) is 40.0 cm³/mol. The van der Waals surface area contributed by atoms with Gasteiger partial charge in [0.15, 0.2) is 11.9 Å². The van der Waals surface area contributed by atoms with E-state index in [-0.39, 0.29) is 22.9 Å². The lowest BCUT2D eigenvalue weighted by molar-refractivity contribution is -0.113. The molecule has 0 aromatic heterocycles. The zero-order chi connectivity index (χ0) is 8.59. The Hall–Kier alpha value is -1.25. The molecule has 11 heavy (non-hydrogen) atoms. The highest BCUT2D eigenvalue weighted by Crippen LogP contribution is 2.27. The van der Waals surface area contributed by atoms with Gasteiger partial charge in [0.1, 0.15) is 17.1 Å². The number of ketones is 1. The van der Waals surface area contributed by atoms with Gasteiger partial charge in [0, 0.05) is 0 Å². The highest BCUT2D eigenvalue weighted by atomic mass is 16.5. The molecule has 1 atom stereocenters. The maximum atomic E-state index is 10.9. The molecule has 0 aromatic rings. The van der Waals surface area contributed by atoms with E-state index in [1.807, 2.05) is 0 Å². The van der Waals surface area contributed by atoms with Gasteiger partial charge in [0.2, 0.25) is 0 Å². The fourth-order valence-electron chi connectivity index (χ4n) is 1.05. The molecule has 1 N–H and O–H groups in total. The molecule has 1 aliphatic rings. The van der Waals surface area contributed by atoms with Crippen LogP contribution in [0.4, 0.5) is 0 Å². The van der Waals surface area contributed by atoms with Gasteiger partial charge in [-0.3, -0.25) is 4.79 Å². The minimum absolute atomic E-state index is 0.0116. The van der Waals surface area contributed by atoms with Crippen molar-refractivity contribution < 1.29 is 14.6 Å². The van der Waals surface area contributed by atoms with Gasteiger partial charge in [-0.25, -0.2) is 0 Å². The molecule has 3 nitrogen and oxygen atoms in total. The fourth-order valence-corrected chi connectivity index (χ4v) is 1.05. The van der Waals surface area contributed by atoms with E-state index in [4.69, 9.17) is 4.74 Å². The third kappa shape index (κ3) is 1.13. The highest BCUT2D eigenvalue weighted by molar-refractivity contribution is 5.98. The first-order valence-corrected chi connectivity index (χ1v) is 3.34. The van der Waals surface area contributed by atoms with Gasteiger partial charge in [-0.05, 0) is 13.8 Å². The van der Waals surface area contributed by atoms with Crippen molar-refractivity contribution in [1.82, 2.24) is 0 Å². The molecule has 0 saturated heterocycles. The first kappa shape index (κ1) is 7.85. The Morgan fingerprint density at radius 1 is 1.73 bits per heavy atom. The molecule has 1 aliphatic heterocycles. The molecular formula is C8H10O3. The Morgan fingerprint density at radius 2 is 2.27 bits per heavy atom. The zero-order valence-electron chi connectivity index (χ0n) is 6.55. The Balaban J connectivity index is 3.07. The second kappa shape index (κ2) is 2.42. The van der Waals surface area contributed by atoms with Gasteiger partial charge in [-0.1, -0.05) is 6.58 Å². The largest absolute Gasteiger partial charge is 0.507 e. The second-order valence-electron chi connectivity index (χ2n) is 2.50. The maximum absolute atomic E-state index is 10.9. The lowest BCUT2D eigenvalue weighted by Crippen LogP contribution is -2.02. The molecular weight excluding hydrogens is 144 g/mol. The molecule has 1 unspecified atom stereocenters. The molecule has 0 bridgehead atoms. The van der Waals surface area contributed by atoms with E-state index in [1.165, 1.54) is 6.92 Å². The first-order chi connectivity index (χ1) is 5.04. The molecule has 0 aliphatic carbocycles. The van der Waals surface area contributed by atoms with E-state index < -0.39 is 6.10 Å². The Labute approximate surface area is 65.0 Å². The van der Waals surface area contributed by atoms with Crippen molar-refractivity contribution >= 4 is 5.78 Å². The van der Waals surface area contributed by atoms with E-state index >= 15 is 0 Å². The fraction of sp³-hybridized carbons (Fsp3) is 0.375. The monoisotopic (exact) mass is 154 g/mol. The summed E-state index contributed by atoms with van der Waals surface area (Å²) in [5.74, 6) is 0.0434. The smallest absolute Gasteiger partial charge is 0.167 e. The number of carbonyl (C=O) groups excluding carboxylic acids is 1. The quantitative estimate of drug-likeness (QED) is 0.619. The summed E-state index contributed by atoms with van der Waals surface area (Å²) in [6.45, 7) is 6.53. The van der Waals surface area contributed by atoms with Crippen LogP contribution in [0.25, 0.3) is 0 Å². The molecule has 1 rings (SSSR count). The molecule has 0 radical (unpaired) electrons. The van der Waals surface area contributed by atoms with E-state index in [9.17, 15) is 9.90 Å². The number of aliphatic hydroxyl groups is 1. The van der Waals surface area contributed by atoms with Crippen molar-refractivity contribution in [1.29, 1.82) is 0 Å². The number of ether oxygens (including phenoxy) is 1. The minimum Gasteiger partial charge on any atom is -0.507 e. The van der Waals surface area contributed by atoms with Crippen molar-refractivity contribution in [3.63, 3.8) is 0 Å². The van der Waals surface area contributed by atoms with Crippen LogP contribution in [-0.2, 0) is 9.53 Å². The third-order valence-electron chi connectivity index (χ3n) is 1.59. The molecule has 60 valence electrons. The van der Waals surface area contributed by atoms with Crippen molar-refractivity contribution in [2.75, 3.05) is 0 Å². The lowest BCUT2D eigenvalue weighted by atomic mass is 10.1. The van der Waals surface area contributed by atoms with Crippen LogP contribution < -0.4 is 0 Å². The van der Waals surface area contributed by atoms with Gasteiger partial charge in [0.25, 0.3) is 0 Å². The molecule has 0 aromatic carbocycles. The number of hydrogen-bond donors (Lipinski definition) is 1. The number of rotatable bonds is 1. The topological polar surface area (TPSA) is 46.5 Å². The number of carbonyl (C=O) groups is 1. The number of aliphatic hydroxyl groups excluding tert-OH is 1. The van der Waals surface area contributed by atoms with Crippen molar-refractivity contribution in [3.8, 4) is 0 Å². The lowest BCUT2D eigenvalue weighted by Gasteiger charge is -2.02. The van der Waals surface area contributed by atoms with Gasteiger partial charge in [0.05, 0.1) is 0 Å². The molecule has 0 spiro atoms. The van der Waals surface area contributed by atoms with Crippen molar-refractivity contribution in [3.05, 3.63) is 23.7 Å². The minimum atomic E-state index is -0.429. The number of allylic oxidation sites excluding steroid dienone is 1. The molecule has 1 heterocycles. The summed E-state index contributed by atoms with van der Waals surface area (Å²) in [6.07, 6.45) is -0.429. The Bertz CT molecular complexity index is 250. The zero-order valence-corrected chi connectivity index (χ0v) is 6.55. The van der Waals surface area contributed by atoms with E-state index in [2.05, 4.69) is 6.58 Å². The normalized spacial score (nSPS) is 23.8. The average molecular weight is 154 g/mol. The standard InChI is InChI=1S/C8H10O3/c1-4(9)7-5(2)11-6(3)8(7)10/h6,10H,2H2,1,3H3. The van der Waals surface area contributed by atoms with Crippen molar-refractivity contribution in [2.24, 2.45) is 0 Å². The van der Waals surface area contributed by atoms with Crippen LogP contribution in [0.2, 0.25) is 0 Å². The van der Waals surface area contributed by atoms with Crippen LogP contribution in [0.1, 0.15) is 13.8 Å². The predicted octanol–water partition coefficient (Wildman–Crippen LogP) is 1.32. The maximum Gasteiger partial charge on any atom is 0.167 e. The molecule has 0 amide bonds. The Kier molecular flexibility index (Phi) is 1.72. The first-order valence-electron chi connectivity index (χ1n) is 3.34. The average Bonchev–Trinajstić information content (AvgIpc) is 2.07. The summed E-state index contributed by atoms with van der Waals surface area (Å²) < 4.78 is 5.01. The summed E-state index contributed by atoms with van der Waals surface area (Å²) in [6, 6.07) is 0. The molecule has 0 saturated carbocycles. The van der Waals surface area contributed by atoms with Crippen LogP contribution in [0.15, 0.2) is 23.7 Å². The summed E-state index contributed by atoms with van der Waals surface area (Å²) in [7, 11) is 0. The summed E-state index contributed by atoms with van der Waals surface area (Å²) in [5.41, 5.74) is 0.220. The highest BCUT2D eigenvalue weighted by Gasteiger charge is 2.28. The van der Waals surface area contributed by atoms with Gasteiger partial charge < -0.3 is 9.84 Å². The summed E-state index contributed by atoms with van der Waals surface area (Å²) in [4.78, 5) is 10.9. The second-order valence-corrected chi connectivity index (χ2v) is 2.50. The summed E-state index contributed by atoms with van der Waals surface area (Å²) >= 11 is 0. The van der Waals surface area contributed by atoms with Crippen molar-refractivity contribution in [2.45, 2.75) is 20.0 Å². The van der Waals surface area contributed by atoms with Gasteiger partial charge in [-0.15, -0.1) is 0 Å². The third-order valence-corrected chi connectivity index (χ3v) is 1.59.